The molecule has 1 N–H and O–H groups in total. The predicted molar refractivity (Wildman–Crippen MR) is 81.2 cm³/mol. The molecule has 0 aliphatic heterocycles. The molecule has 0 saturated carbocycles. The van der Waals surface area contributed by atoms with Crippen molar-refractivity contribution in [2.75, 3.05) is 12.0 Å². The molecule has 20 heavy (non-hydrogen) atoms. The summed E-state index contributed by atoms with van der Waals surface area (Å²) in [5.41, 5.74) is -0.905. The van der Waals surface area contributed by atoms with Gasteiger partial charge in [0.25, 0.3) is 5.56 Å². The van der Waals surface area contributed by atoms with Gasteiger partial charge in [-0.15, -0.1) is 0 Å². The van der Waals surface area contributed by atoms with Gasteiger partial charge in [0.2, 0.25) is 0 Å². The van der Waals surface area contributed by atoms with Crippen molar-refractivity contribution in [2.45, 2.75) is 6.54 Å². The van der Waals surface area contributed by atoms with E-state index in [1.54, 1.807) is 0 Å². The second-order valence-corrected chi connectivity index (χ2v) is 7.85. The molecule has 2 rings (SSSR count). The van der Waals surface area contributed by atoms with Gasteiger partial charge in [-0.1, -0.05) is 11.6 Å². The van der Waals surface area contributed by atoms with Crippen molar-refractivity contribution in [3.8, 4) is 0 Å². The Balaban J connectivity index is 2.66. The minimum atomic E-state index is -3.27. The van der Waals surface area contributed by atoms with Gasteiger partial charge in [0.15, 0.2) is 0 Å². The fourth-order valence-electron chi connectivity index (χ4n) is 1.71. The summed E-state index contributed by atoms with van der Waals surface area (Å²) in [7, 11) is -3.27. The van der Waals surface area contributed by atoms with Gasteiger partial charge in [-0.2, -0.15) is 0 Å². The van der Waals surface area contributed by atoms with Gasteiger partial charge in [-0.25, -0.2) is 13.2 Å². The van der Waals surface area contributed by atoms with E-state index in [0.29, 0.717) is 15.0 Å². The molecule has 0 aliphatic rings. The van der Waals surface area contributed by atoms with Crippen molar-refractivity contribution >= 4 is 48.3 Å². The van der Waals surface area contributed by atoms with E-state index in [1.807, 2.05) is 0 Å². The molecule has 108 valence electrons. The van der Waals surface area contributed by atoms with Crippen molar-refractivity contribution in [1.29, 1.82) is 0 Å². The molecule has 1 heterocycles. The van der Waals surface area contributed by atoms with Gasteiger partial charge >= 0.3 is 5.69 Å². The highest BCUT2D eigenvalue weighted by molar-refractivity contribution is 9.10. The summed E-state index contributed by atoms with van der Waals surface area (Å²) in [5, 5.41) is 0.621. The molecule has 0 atom stereocenters. The monoisotopic (exact) mass is 380 g/mol. The van der Waals surface area contributed by atoms with E-state index in [9.17, 15) is 18.0 Å². The highest BCUT2D eigenvalue weighted by atomic mass is 79.9. The first-order chi connectivity index (χ1) is 9.19. The standard InChI is InChI=1S/C11H10BrClN2O4S/c1-20(18,19)3-2-15-10(16)6-4-7(12)8(13)5-9(6)14-11(15)17/h4-5H,2-3H2,1H3,(H,14,17). The summed E-state index contributed by atoms with van der Waals surface area (Å²) in [6, 6.07) is 2.96. The highest BCUT2D eigenvalue weighted by Crippen LogP contribution is 2.25. The summed E-state index contributed by atoms with van der Waals surface area (Å²) in [6.45, 7) is -0.191. The average molecular weight is 382 g/mol. The number of fused-ring (bicyclic) bond motifs is 1. The zero-order valence-corrected chi connectivity index (χ0v) is 13.5. The number of benzene rings is 1. The zero-order valence-electron chi connectivity index (χ0n) is 10.3. The maximum atomic E-state index is 12.2. The van der Waals surface area contributed by atoms with Crippen LogP contribution in [0.25, 0.3) is 10.9 Å². The van der Waals surface area contributed by atoms with Crippen LogP contribution in [0, 0.1) is 0 Å². The van der Waals surface area contributed by atoms with Gasteiger partial charge in [-0.3, -0.25) is 9.36 Å². The molecule has 0 spiro atoms. The molecular formula is C11H10BrClN2O4S. The molecule has 0 radical (unpaired) electrons. The summed E-state index contributed by atoms with van der Waals surface area (Å²) in [5.74, 6) is -0.281. The number of sulfone groups is 1. The Morgan fingerprint density at radius 2 is 2.00 bits per heavy atom. The SMILES string of the molecule is CS(=O)(=O)CCn1c(=O)[nH]c2cc(Cl)c(Br)cc2c1=O. The van der Waals surface area contributed by atoms with Crippen molar-refractivity contribution in [1.82, 2.24) is 9.55 Å². The lowest BCUT2D eigenvalue weighted by Crippen LogP contribution is -2.36. The molecule has 9 heteroatoms. The first-order valence-electron chi connectivity index (χ1n) is 5.48. The number of hydrogen-bond acceptors (Lipinski definition) is 4. The lowest BCUT2D eigenvalue weighted by Gasteiger charge is -2.06. The third kappa shape index (κ3) is 3.13. The number of aromatic amines is 1. The fourth-order valence-corrected chi connectivity index (χ4v) is 2.73. The average Bonchev–Trinajstić information content (AvgIpc) is 2.30. The van der Waals surface area contributed by atoms with E-state index >= 15 is 0 Å². The Hall–Kier alpha value is -1.12. The minimum absolute atomic E-state index is 0.191. The van der Waals surface area contributed by atoms with E-state index < -0.39 is 21.1 Å². The van der Waals surface area contributed by atoms with E-state index in [4.69, 9.17) is 11.6 Å². The fraction of sp³-hybridized carbons (Fsp3) is 0.273. The molecule has 2 aromatic rings. The number of halogens is 2. The summed E-state index contributed by atoms with van der Waals surface area (Å²) < 4.78 is 23.7. The third-order valence-corrected chi connectivity index (χ3v) is 4.83. The van der Waals surface area contributed by atoms with Crippen LogP contribution in [0.5, 0.6) is 0 Å². The maximum Gasteiger partial charge on any atom is 0.328 e. The van der Waals surface area contributed by atoms with E-state index in [2.05, 4.69) is 20.9 Å². The second-order valence-electron chi connectivity index (χ2n) is 4.33. The van der Waals surface area contributed by atoms with Crippen LogP contribution in [-0.2, 0) is 16.4 Å². The normalized spacial score (nSPS) is 11.9. The maximum absolute atomic E-state index is 12.2. The quantitative estimate of drug-likeness (QED) is 0.864. The Kier molecular flexibility index (Phi) is 4.08. The smallest absolute Gasteiger partial charge is 0.307 e. The van der Waals surface area contributed by atoms with Crippen LogP contribution >= 0.6 is 27.5 Å². The summed E-state index contributed by atoms with van der Waals surface area (Å²) >= 11 is 9.09. The van der Waals surface area contributed by atoms with Crippen molar-refractivity contribution in [2.24, 2.45) is 0 Å². The van der Waals surface area contributed by atoms with Crippen molar-refractivity contribution in [3.05, 3.63) is 42.5 Å². The van der Waals surface area contributed by atoms with Crippen LogP contribution in [-0.4, -0.2) is 30.0 Å². The van der Waals surface area contributed by atoms with E-state index in [-0.39, 0.29) is 17.7 Å². The lowest BCUT2D eigenvalue weighted by molar-refractivity contribution is 0.590. The van der Waals surface area contributed by atoms with Crippen LogP contribution in [0.15, 0.2) is 26.2 Å². The Morgan fingerprint density at radius 1 is 1.35 bits per heavy atom. The highest BCUT2D eigenvalue weighted by Gasteiger charge is 2.12. The summed E-state index contributed by atoms with van der Waals surface area (Å²) in [4.78, 5) is 26.5. The molecule has 0 saturated heterocycles. The number of nitrogens with one attached hydrogen (secondary N) is 1. The molecule has 1 aromatic heterocycles. The van der Waals surface area contributed by atoms with Gasteiger partial charge in [0.1, 0.15) is 9.84 Å². The van der Waals surface area contributed by atoms with Crippen molar-refractivity contribution < 1.29 is 8.42 Å². The first kappa shape index (κ1) is 15.3. The Labute approximate surface area is 127 Å². The van der Waals surface area contributed by atoms with Gasteiger partial charge in [0.05, 0.1) is 21.7 Å². The van der Waals surface area contributed by atoms with E-state index in [0.717, 1.165) is 10.8 Å². The molecule has 0 bridgehead atoms. The topological polar surface area (TPSA) is 89.0 Å². The minimum Gasteiger partial charge on any atom is -0.307 e. The van der Waals surface area contributed by atoms with Crippen LogP contribution < -0.4 is 11.2 Å². The molecule has 6 nitrogen and oxygen atoms in total. The molecule has 0 unspecified atom stereocenters. The van der Waals surface area contributed by atoms with Crippen molar-refractivity contribution in [3.63, 3.8) is 0 Å². The largest absolute Gasteiger partial charge is 0.328 e. The number of hydrogen-bond donors (Lipinski definition) is 1. The van der Waals surface area contributed by atoms with Crippen LogP contribution in [0.4, 0.5) is 0 Å². The molecule has 0 aliphatic carbocycles. The first-order valence-corrected chi connectivity index (χ1v) is 8.72. The van der Waals surface area contributed by atoms with E-state index in [1.165, 1.54) is 12.1 Å². The van der Waals surface area contributed by atoms with Gasteiger partial charge in [0, 0.05) is 17.3 Å². The number of H-pyrrole nitrogens is 1. The Morgan fingerprint density at radius 3 is 2.60 bits per heavy atom. The van der Waals surface area contributed by atoms with Crippen LogP contribution in [0.3, 0.4) is 0 Å². The molecule has 0 fully saturated rings. The number of rotatable bonds is 3. The summed E-state index contributed by atoms with van der Waals surface area (Å²) in [6.07, 6.45) is 1.05. The second kappa shape index (κ2) is 5.34. The predicted octanol–water partition coefficient (Wildman–Crippen LogP) is 1.15. The third-order valence-electron chi connectivity index (χ3n) is 2.71. The van der Waals surface area contributed by atoms with Gasteiger partial charge in [-0.05, 0) is 28.1 Å². The molecule has 0 amide bonds. The number of nitrogens with zero attached hydrogens (tertiary/aromatic N) is 1. The number of aromatic nitrogens is 2. The zero-order chi connectivity index (χ0) is 15.1. The van der Waals surface area contributed by atoms with Crippen LogP contribution in [0.1, 0.15) is 0 Å². The molecule has 1 aromatic carbocycles. The lowest BCUT2D eigenvalue weighted by atomic mass is 10.2. The van der Waals surface area contributed by atoms with Gasteiger partial charge < -0.3 is 4.98 Å². The van der Waals surface area contributed by atoms with Crippen LogP contribution in [0.2, 0.25) is 5.02 Å². The molecular weight excluding hydrogens is 372 g/mol. The Bertz CT molecular complexity index is 901.